The van der Waals surface area contributed by atoms with Gasteiger partial charge in [0.2, 0.25) is 0 Å². The molecule has 0 spiro atoms. The summed E-state index contributed by atoms with van der Waals surface area (Å²) >= 11 is 5.10. The van der Waals surface area contributed by atoms with E-state index < -0.39 is 0 Å². The molecule has 1 unspecified atom stereocenters. The van der Waals surface area contributed by atoms with Gasteiger partial charge in [-0.05, 0) is 31.4 Å². The van der Waals surface area contributed by atoms with Crippen molar-refractivity contribution in [3.05, 3.63) is 35.9 Å². The van der Waals surface area contributed by atoms with E-state index in [9.17, 15) is 0 Å². The van der Waals surface area contributed by atoms with Crippen molar-refractivity contribution in [3.63, 3.8) is 0 Å². The standard InChI is InChI=1S/C15H22N2S/c1-17(11-12-6-5-7-12)14(10-15(16)18)13-8-3-2-4-9-13/h2-4,8-9,12,14H,5-7,10-11H2,1H3,(H2,16,18). The van der Waals surface area contributed by atoms with Gasteiger partial charge in [0.25, 0.3) is 0 Å². The topological polar surface area (TPSA) is 29.3 Å². The molecule has 1 fully saturated rings. The minimum Gasteiger partial charge on any atom is -0.393 e. The molecular formula is C15H22N2S. The lowest BCUT2D eigenvalue weighted by molar-refractivity contribution is 0.164. The molecule has 0 aliphatic heterocycles. The number of hydrogen-bond donors (Lipinski definition) is 1. The summed E-state index contributed by atoms with van der Waals surface area (Å²) in [4.78, 5) is 3.02. The molecule has 0 heterocycles. The lowest BCUT2D eigenvalue weighted by Gasteiger charge is -2.35. The van der Waals surface area contributed by atoms with E-state index in [2.05, 4.69) is 36.2 Å². The van der Waals surface area contributed by atoms with E-state index in [1.165, 1.54) is 24.8 Å². The maximum absolute atomic E-state index is 5.75. The molecule has 0 aromatic heterocycles. The third kappa shape index (κ3) is 3.53. The number of thiocarbonyl (C=S) groups is 1. The summed E-state index contributed by atoms with van der Waals surface area (Å²) in [5.41, 5.74) is 7.06. The van der Waals surface area contributed by atoms with Crippen LogP contribution in [-0.4, -0.2) is 23.5 Å². The Morgan fingerprint density at radius 2 is 2.06 bits per heavy atom. The largest absolute Gasteiger partial charge is 0.393 e. The van der Waals surface area contributed by atoms with Crippen molar-refractivity contribution >= 4 is 17.2 Å². The molecule has 98 valence electrons. The maximum atomic E-state index is 5.75. The fraction of sp³-hybridized carbons (Fsp3) is 0.533. The van der Waals surface area contributed by atoms with Gasteiger partial charge in [0.1, 0.15) is 0 Å². The second kappa shape index (κ2) is 6.30. The van der Waals surface area contributed by atoms with Gasteiger partial charge in [0.05, 0.1) is 4.99 Å². The van der Waals surface area contributed by atoms with E-state index in [0.29, 0.717) is 11.0 Å². The van der Waals surface area contributed by atoms with Crippen LogP contribution in [0.1, 0.15) is 37.3 Å². The van der Waals surface area contributed by atoms with Gasteiger partial charge >= 0.3 is 0 Å². The van der Waals surface area contributed by atoms with Gasteiger partial charge in [0, 0.05) is 19.0 Å². The molecule has 3 heteroatoms. The Balaban J connectivity index is 2.06. The van der Waals surface area contributed by atoms with Crippen molar-refractivity contribution in [2.45, 2.75) is 31.7 Å². The molecule has 0 radical (unpaired) electrons. The Labute approximate surface area is 115 Å². The average Bonchev–Trinajstić information content (AvgIpc) is 2.31. The predicted octanol–water partition coefficient (Wildman–Crippen LogP) is 3.14. The molecule has 1 atom stereocenters. The number of benzene rings is 1. The summed E-state index contributed by atoms with van der Waals surface area (Å²) < 4.78 is 0. The number of nitrogens with zero attached hydrogens (tertiary/aromatic N) is 1. The molecule has 1 aromatic rings. The minimum absolute atomic E-state index is 0.323. The van der Waals surface area contributed by atoms with Crippen molar-refractivity contribution < 1.29 is 0 Å². The highest BCUT2D eigenvalue weighted by atomic mass is 32.1. The molecule has 18 heavy (non-hydrogen) atoms. The highest BCUT2D eigenvalue weighted by molar-refractivity contribution is 7.80. The molecule has 0 saturated heterocycles. The fourth-order valence-electron chi connectivity index (χ4n) is 2.60. The second-order valence-corrected chi connectivity index (χ2v) is 5.86. The Hall–Kier alpha value is -0.930. The summed E-state index contributed by atoms with van der Waals surface area (Å²) in [6.07, 6.45) is 4.91. The van der Waals surface area contributed by atoms with Crippen LogP contribution >= 0.6 is 12.2 Å². The van der Waals surface area contributed by atoms with Crippen molar-refractivity contribution in [1.82, 2.24) is 4.90 Å². The summed E-state index contributed by atoms with van der Waals surface area (Å²) in [5, 5.41) is 0. The first-order valence-electron chi connectivity index (χ1n) is 6.70. The van der Waals surface area contributed by atoms with Crippen LogP contribution in [0.3, 0.4) is 0 Å². The van der Waals surface area contributed by atoms with Gasteiger partial charge in [-0.25, -0.2) is 0 Å². The molecule has 2 nitrogen and oxygen atoms in total. The quantitative estimate of drug-likeness (QED) is 0.799. The summed E-state index contributed by atoms with van der Waals surface area (Å²) in [5.74, 6) is 0.868. The van der Waals surface area contributed by atoms with Crippen LogP contribution in [0.4, 0.5) is 0 Å². The summed E-state index contributed by atoms with van der Waals surface area (Å²) in [7, 11) is 2.19. The zero-order chi connectivity index (χ0) is 13.0. The molecule has 2 N–H and O–H groups in total. The van der Waals surface area contributed by atoms with E-state index in [1.807, 2.05) is 6.07 Å². The molecule has 1 aliphatic rings. The molecule has 1 aliphatic carbocycles. The molecular weight excluding hydrogens is 240 g/mol. The van der Waals surface area contributed by atoms with E-state index >= 15 is 0 Å². The van der Waals surface area contributed by atoms with Crippen LogP contribution in [0, 0.1) is 5.92 Å². The van der Waals surface area contributed by atoms with E-state index in [1.54, 1.807) is 0 Å². The van der Waals surface area contributed by atoms with Gasteiger partial charge in [-0.15, -0.1) is 0 Å². The van der Waals surface area contributed by atoms with Gasteiger partial charge in [-0.2, -0.15) is 0 Å². The van der Waals surface area contributed by atoms with Gasteiger partial charge in [0.15, 0.2) is 0 Å². The molecule has 0 amide bonds. The van der Waals surface area contributed by atoms with Crippen molar-refractivity contribution in [2.75, 3.05) is 13.6 Å². The highest BCUT2D eigenvalue weighted by Gasteiger charge is 2.24. The van der Waals surface area contributed by atoms with Gasteiger partial charge in [-0.1, -0.05) is 49.0 Å². The van der Waals surface area contributed by atoms with E-state index in [-0.39, 0.29) is 0 Å². The number of hydrogen-bond acceptors (Lipinski definition) is 2. The van der Waals surface area contributed by atoms with E-state index in [0.717, 1.165) is 18.9 Å². The number of nitrogens with two attached hydrogens (primary N) is 1. The van der Waals surface area contributed by atoms with Crippen LogP contribution in [0.2, 0.25) is 0 Å². The lowest BCUT2D eigenvalue weighted by Crippen LogP contribution is -2.34. The lowest BCUT2D eigenvalue weighted by atomic mass is 9.84. The maximum Gasteiger partial charge on any atom is 0.0746 e. The number of rotatable bonds is 6. The van der Waals surface area contributed by atoms with Crippen LogP contribution in [-0.2, 0) is 0 Å². The Bertz CT molecular complexity index is 387. The Morgan fingerprint density at radius 3 is 2.56 bits per heavy atom. The first kappa shape index (κ1) is 13.5. The molecule has 2 rings (SSSR count). The summed E-state index contributed by atoms with van der Waals surface area (Å²) in [6.45, 7) is 1.15. The normalized spacial score (nSPS) is 17.4. The summed E-state index contributed by atoms with van der Waals surface area (Å²) in [6, 6.07) is 10.9. The third-order valence-corrected chi connectivity index (χ3v) is 4.05. The second-order valence-electron chi connectivity index (χ2n) is 5.33. The minimum atomic E-state index is 0.323. The molecule has 0 bridgehead atoms. The smallest absolute Gasteiger partial charge is 0.0746 e. The van der Waals surface area contributed by atoms with E-state index in [4.69, 9.17) is 18.0 Å². The predicted molar refractivity (Wildman–Crippen MR) is 80.6 cm³/mol. The van der Waals surface area contributed by atoms with Crippen molar-refractivity contribution in [1.29, 1.82) is 0 Å². The first-order valence-corrected chi connectivity index (χ1v) is 7.11. The molecule has 1 aromatic carbocycles. The van der Waals surface area contributed by atoms with Gasteiger partial charge < -0.3 is 5.73 Å². The van der Waals surface area contributed by atoms with Crippen molar-refractivity contribution in [2.24, 2.45) is 11.7 Å². The van der Waals surface area contributed by atoms with Crippen LogP contribution in [0.15, 0.2) is 30.3 Å². The zero-order valence-corrected chi connectivity index (χ0v) is 11.8. The third-order valence-electron chi connectivity index (χ3n) is 3.88. The SMILES string of the molecule is CN(CC1CCC1)C(CC(N)=S)c1ccccc1. The average molecular weight is 262 g/mol. The highest BCUT2D eigenvalue weighted by Crippen LogP contribution is 2.30. The first-order chi connectivity index (χ1) is 8.66. The van der Waals surface area contributed by atoms with Crippen LogP contribution in [0.5, 0.6) is 0 Å². The van der Waals surface area contributed by atoms with Crippen molar-refractivity contribution in [3.8, 4) is 0 Å². The van der Waals surface area contributed by atoms with Crippen LogP contribution in [0.25, 0.3) is 0 Å². The Morgan fingerprint density at radius 1 is 1.39 bits per heavy atom. The monoisotopic (exact) mass is 262 g/mol. The molecule has 1 saturated carbocycles. The van der Waals surface area contributed by atoms with Crippen LogP contribution < -0.4 is 5.73 Å². The van der Waals surface area contributed by atoms with Gasteiger partial charge in [-0.3, -0.25) is 4.90 Å². The fourth-order valence-corrected chi connectivity index (χ4v) is 2.76. The zero-order valence-electron chi connectivity index (χ0n) is 11.0. The Kier molecular flexibility index (Phi) is 4.72.